The van der Waals surface area contributed by atoms with E-state index in [0.717, 1.165) is 26.4 Å². The molecule has 1 amide bonds. The highest BCUT2D eigenvalue weighted by Gasteiger charge is 2.15. The predicted octanol–water partition coefficient (Wildman–Crippen LogP) is 6.18. The normalized spacial score (nSPS) is 10.8. The summed E-state index contributed by atoms with van der Waals surface area (Å²) in [5.74, 6) is -0.146. The zero-order chi connectivity index (χ0) is 18.1. The molecule has 0 saturated carbocycles. The molecule has 5 heteroatoms. The summed E-state index contributed by atoms with van der Waals surface area (Å²) >= 11 is 7.79. The molecular formula is C21H15ClN2OS. The number of halogens is 1. The molecule has 1 aromatic heterocycles. The SMILES string of the molecule is Cc1ccccc1C(=O)Nc1ccc(Cl)cc1-c1nc2ccccc2s1. The van der Waals surface area contributed by atoms with Gasteiger partial charge in [0.15, 0.2) is 0 Å². The molecule has 0 aliphatic heterocycles. The van der Waals surface area contributed by atoms with Crippen molar-refractivity contribution in [2.45, 2.75) is 6.92 Å². The molecule has 0 saturated heterocycles. The number of fused-ring (bicyclic) bond motifs is 1. The number of anilines is 1. The van der Waals surface area contributed by atoms with Crippen LogP contribution >= 0.6 is 22.9 Å². The highest BCUT2D eigenvalue weighted by Crippen LogP contribution is 2.36. The molecule has 4 rings (SSSR count). The van der Waals surface area contributed by atoms with E-state index in [1.54, 1.807) is 17.4 Å². The van der Waals surface area contributed by atoms with Crippen LogP contribution in [0.1, 0.15) is 15.9 Å². The summed E-state index contributed by atoms with van der Waals surface area (Å²) in [6, 6.07) is 20.9. The molecule has 0 bridgehead atoms. The van der Waals surface area contributed by atoms with Crippen LogP contribution in [-0.2, 0) is 0 Å². The van der Waals surface area contributed by atoms with Crippen LogP contribution in [0.5, 0.6) is 0 Å². The minimum atomic E-state index is -0.146. The number of para-hydroxylation sites is 1. The molecule has 26 heavy (non-hydrogen) atoms. The van der Waals surface area contributed by atoms with Crippen molar-refractivity contribution in [2.75, 3.05) is 5.32 Å². The summed E-state index contributed by atoms with van der Waals surface area (Å²) in [5, 5.41) is 4.44. The summed E-state index contributed by atoms with van der Waals surface area (Å²) in [6.07, 6.45) is 0. The summed E-state index contributed by atoms with van der Waals surface area (Å²) in [5.41, 5.74) is 4.03. The van der Waals surface area contributed by atoms with Crippen molar-refractivity contribution in [3.63, 3.8) is 0 Å². The Labute approximate surface area is 160 Å². The van der Waals surface area contributed by atoms with Crippen molar-refractivity contribution < 1.29 is 4.79 Å². The third-order valence-corrected chi connectivity index (χ3v) is 5.45. The van der Waals surface area contributed by atoms with E-state index >= 15 is 0 Å². The number of thiazole rings is 1. The number of amides is 1. The molecule has 1 heterocycles. The van der Waals surface area contributed by atoms with E-state index < -0.39 is 0 Å². The first-order chi connectivity index (χ1) is 12.6. The zero-order valence-corrected chi connectivity index (χ0v) is 15.6. The number of rotatable bonds is 3. The topological polar surface area (TPSA) is 42.0 Å². The number of nitrogens with zero attached hydrogens (tertiary/aromatic N) is 1. The van der Waals surface area contributed by atoms with Gasteiger partial charge in [-0.15, -0.1) is 11.3 Å². The van der Waals surface area contributed by atoms with Crippen LogP contribution in [0.15, 0.2) is 66.7 Å². The molecule has 0 fully saturated rings. The molecule has 3 nitrogen and oxygen atoms in total. The van der Waals surface area contributed by atoms with Gasteiger partial charge in [-0.05, 0) is 48.9 Å². The Morgan fingerprint density at radius 1 is 1.04 bits per heavy atom. The van der Waals surface area contributed by atoms with E-state index in [-0.39, 0.29) is 5.91 Å². The molecule has 1 N–H and O–H groups in total. The van der Waals surface area contributed by atoms with Gasteiger partial charge < -0.3 is 5.32 Å². The average Bonchev–Trinajstić information content (AvgIpc) is 3.07. The van der Waals surface area contributed by atoms with Crippen LogP contribution in [0, 0.1) is 6.92 Å². The maximum Gasteiger partial charge on any atom is 0.255 e. The van der Waals surface area contributed by atoms with Crippen LogP contribution in [0.4, 0.5) is 5.69 Å². The van der Waals surface area contributed by atoms with Crippen LogP contribution in [0.25, 0.3) is 20.8 Å². The minimum absolute atomic E-state index is 0.146. The van der Waals surface area contributed by atoms with Crippen molar-refractivity contribution in [1.82, 2.24) is 4.98 Å². The Hall–Kier alpha value is -2.69. The number of aromatic nitrogens is 1. The standard InChI is InChI=1S/C21H15ClN2OS/c1-13-6-2-3-7-15(13)20(25)23-17-11-10-14(22)12-16(17)21-24-18-8-4-5-9-19(18)26-21/h2-12H,1H3,(H,23,25). The lowest BCUT2D eigenvalue weighted by molar-refractivity contribution is 0.102. The second-order valence-corrected chi connectivity index (χ2v) is 7.41. The quantitative estimate of drug-likeness (QED) is 0.462. The lowest BCUT2D eigenvalue weighted by atomic mass is 10.1. The van der Waals surface area contributed by atoms with E-state index in [4.69, 9.17) is 16.6 Å². The second kappa shape index (κ2) is 6.90. The van der Waals surface area contributed by atoms with Crippen molar-refractivity contribution >= 4 is 44.7 Å². The minimum Gasteiger partial charge on any atom is -0.321 e. The summed E-state index contributed by atoms with van der Waals surface area (Å²) in [6.45, 7) is 1.92. The number of carbonyl (C=O) groups is 1. The molecule has 4 aromatic rings. The van der Waals surface area contributed by atoms with E-state index in [9.17, 15) is 4.79 Å². The van der Waals surface area contributed by atoms with Gasteiger partial charge in [-0.3, -0.25) is 4.79 Å². The largest absolute Gasteiger partial charge is 0.321 e. The maximum atomic E-state index is 12.7. The molecular weight excluding hydrogens is 364 g/mol. The Bertz CT molecular complexity index is 1090. The number of hydrogen-bond acceptors (Lipinski definition) is 3. The summed E-state index contributed by atoms with van der Waals surface area (Å²) < 4.78 is 1.10. The van der Waals surface area contributed by atoms with Gasteiger partial charge in [0.2, 0.25) is 0 Å². The molecule has 3 aromatic carbocycles. The summed E-state index contributed by atoms with van der Waals surface area (Å²) in [4.78, 5) is 17.4. The number of carbonyl (C=O) groups excluding carboxylic acids is 1. The molecule has 0 aliphatic rings. The Morgan fingerprint density at radius 3 is 2.62 bits per heavy atom. The monoisotopic (exact) mass is 378 g/mol. The fraction of sp³-hybridized carbons (Fsp3) is 0.0476. The fourth-order valence-corrected chi connectivity index (χ4v) is 3.98. The first-order valence-electron chi connectivity index (χ1n) is 8.14. The van der Waals surface area contributed by atoms with Crippen molar-refractivity contribution in [2.24, 2.45) is 0 Å². The molecule has 128 valence electrons. The van der Waals surface area contributed by atoms with E-state index in [1.165, 1.54) is 0 Å². The molecule has 0 atom stereocenters. The maximum absolute atomic E-state index is 12.7. The molecule has 0 radical (unpaired) electrons. The molecule has 0 spiro atoms. The van der Waals surface area contributed by atoms with Crippen LogP contribution in [0.2, 0.25) is 5.02 Å². The zero-order valence-electron chi connectivity index (χ0n) is 14.0. The van der Waals surface area contributed by atoms with Gasteiger partial charge in [-0.25, -0.2) is 4.98 Å². The third kappa shape index (κ3) is 3.21. The lowest BCUT2D eigenvalue weighted by Crippen LogP contribution is -2.13. The van der Waals surface area contributed by atoms with Gasteiger partial charge in [0.1, 0.15) is 5.01 Å². The Kier molecular flexibility index (Phi) is 4.45. The van der Waals surface area contributed by atoms with Crippen molar-refractivity contribution in [1.29, 1.82) is 0 Å². The predicted molar refractivity (Wildman–Crippen MR) is 109 cm³/mol. The Balaban J connectivity index is 1.75. The van der Waals surface area contributed by atoms with Crippen molar-refractivity contribution in [3.8, 4) is 10.6 Å². The second-order valence-electron chi connectivity index (χ2n) is 5.95. The average molecular weight is 379 g/mol. The van der Waals surface area contributed by atoms with Gasteiger partial charge in [0, 0.05) is 16.1 Å². The van der Waals surface area contributed by atoms with Crippen LogP contribution in [-0.4, -0.2) is 10.9 Å². The lowest BCUT2D eigenvalue weighted by Gasteiger charge is -2.11. The number of nitrogens with one attached hydrogen (secondary N) is 1. The van der Waals surface area contributed by atoms with Gasteiger partial charge in [-0.1, -0.05) is 41.9 Å². The molecule has 0 unspecified atom stereocenters. The fourth-order valence-electron chi connectivity index (χ4n) is 2.81. The van der Waals surface area contributed by atoms with Crippen molar-refractivity contribution in [3.05, 3.63) is 82.9 Å². The third-order valence-electron chi connectivity index (χ3n) is 4.14. The van der Waals surface area contributed by atoms with E-state index in [0.29, 0.717) is 16.3 Å². The first-order valence-corrected chi connectivity index (χ1v) is 9.34. The Morgan fingerprint density at radius 2 is 1.81 bits per heavy atom. The number of hydrogen-bond donors (Lipinski definition) is 1. The first kappa shape index (κ1) is 16.8. The smallest absolute Gasteiger partial charge is 0.255 e. The van der Waals surface area contributed by atoms with E-state index in [2.05, 4.69) is 5.32 Å². The van der Waals surface area contributed by atoms with Gasteiger partial charge in [0.25, 0.3) is 5.91 Å². The van der Waals surface area contributed by atoms with Gasteiger partial charge in [0.05, 0.1) is 15.9 Å². The van der Waals surface area contributed by atoms with Crippen LogP contribution in [0.3, 0.4) is 0 Å². The highest BCUT2D eigenvalue weighted by molar-refractivity contribution is 7.21. The number of benzene rings is 3. The van der Waals surface area contributed by atoms with E-state index in [1.807, 2.05) is 67.6 Å². The van der Waals surface area contributed by atoms with Gasteiger partial charge >= 0.3 is 0 Å². The van der Waals surface area contributed by atoms with Crippen LogP contribution < -0.4 is 5.32 Å². The number of aryl methyl sites for hydroxylation is 1. The van der Waals surface area contributed by atoms with Gasteiger partial charge in [-0.2, -0.15) is 0 Å². The highest BCUT2D eigenvalue weighted by atomic mass is 35.5. The summed E-state index contributed by atoms with van der Waals surface area (Å²) in [7, 11) is 0. The molecule has 0 aliphatic carbocycles.